The fourth-order valence-electron chi connectivity index (χ4n) is 3.75. The van der Waals surface area contributed by atoms with Crippen LogP contribution in [-0.2, 0) is 0 Å². The SMILES string of the molecule is CC(Nc1cncc(NN)n1)C1CC2CCC1C2. The molecule has 2 saturated carbocycles. The molecule has 4 atom stereocenters. The Labute approximate surface area is 108 Å². The first-order chi connectivity index (χ1) is 8.76. The van der Waals surface area contributed by atoms with Gasteiger partial charge in [0.1, 0.15) is 5.82 Å². The van der Waals surface area contributed by atoms with E-state index in [-0.39, 0.29) is 0 Å². The van der Waals surface area contributed by atoms with Crippen LogP contribution in [0.25, 0.3) is 0 Å². The molecule has 4 N–H and O–H groups in total. The molecule has 0 saturated heterocycles. The quantitative estimate of drug-likeness (QED) is 0.560. The molecule has 18 heavy (non-hydrogen) atoms. The highest BCUT2D eigenvalue weighted by atomic mass is 15.3. The number of nitrogens with two attached hydrogens (primary N) is 1. The summed E-state index contributed by atoms with van der Waals surface area (Å²) < 4.78 is 0. The van der Waals surface area contributed by atoms with Gasteiger partial charge in [0.15, 0.2) is 5.82 Å². The van der Waals surface area contributed by atoms with Crippen LogP contribution >= 0.6 is 0 Å². The third kappa shape index (κ3) is 2.14. The van der Waals surface area contributed by atoms with Crippen LogP contribution in [0.3, 0.4) is 0 Å². The molecule has 0 aliphatic heterocycles. The highest BCUT2D eigenvalue weighted by molar-refractivity contribution is 5.41. The fraction of sp³-hybridized carbons (Fsp3) is 0.692. The topological polar surface area (TPSA) is 75.9 Å². The fourth-order valence-corrected chi connectivity index (χ4v) is 3.75. The van der Waals surface area contributed by atoms with E-state index in [0.717, 1.165) is 23.6 Å². The Morgan fingerprint density at radius 3 is 2.78 bits per heavy atom. The maximum absolute atomic E-state index is 5.34. The minimum atomic E-state index is 0.461. The van der Waals surface area contributed by atoms with Crippen LogP contribution in [0.15, 0.2) is 12.4 Å². The largest absolute Gasteiger partial charge is 0.366 e. The van der Waals surface area contributed by atoms with E-state index in [0.29, 0.717) is 11.9 Å². The molecule has 0 amide bonds. The van der Waals surface area contributed by atoms with Gasteiger partial charge in [-0.15, -0.1) is 0 Å². The molecule has 3 rings (SSSR count). The van der Waals surface area contributed by atoms with Gasteiger partial charge in [0.05, 0.1) is 12.4 Å². The molecule has 5 heteroatoms. The Morgan fingerprint density at radius 2 is 2.11 bits per heavy atom. The van der Waals surface area contributed by atoms with Gasteiger partial charge in [-0.2, -0.15) is 0 Å². The molecule has 5 nitrogen and oxygen atoms in total. The van der Waals surface area contributed by atoms with Crippen molar-refractivity contribution in [3.8, 4) is 0 Å². The first-order valence-corrected chi connectivity index (χ1v) is 6.81. The maximum Gasteiger partial charge on any atom is 0.160 e. The summed E-state index contributed by atoms with van der Waals surface area (Å²) in [5.41, 5.74) is 2.52. The van der Waals surface area contributed by atoms with Crippen molar-refractivity contribution in [3.63, 3.8) is 0 Å². The van der Waals surface area contributed by atoms with Crippen molar-refractivity contribution < 1.29 is 0 Å². The first-order valence-electron chi connectivity index (χ1n) is 6.81. The summed E-state index contributed by atoms with van der Waals surface area (Å²) in [6.45, 7) is 2.26. The Kier molecular flexibility index (Phi) is 3.07. The van der Waals surface area contributed by atoms with E-state index < -0.39 is 0 Å². The number of aromatic nitrogens is 2. The normalized spacial score (nSPS) is 31.3. The second-order valence-corrected chi connectivity index (χ2v) is 5.71. The van der Waals surface area contributed by atoms with Gasteiger partial charge in [-0.05, 0) is 43.9 Å². The number of anilines is 2. The molecule has 1 aromatic heterocycles. The molecular weight excluding hydrogens is 226 g/mol. The van der Waals surface area contributed by atoms with E-state index >= 15 is 0 Å². The van der Waals surface area contributed by atoms with Crippen LogP contribution in [0.1, 0.15) is 32.6 Å². The van der Waals surface area contributed by atoms with Crippen LogP contribution in [0.2, 0.25) is 0 Å². The maximum atomic E-state index is 5.34. The molecule has 2 fully saturated rings. The lowest BCUT2D eigenvalue weighted by atomic mass is 9.84. The smallest absolute Gasteiger partial charge is 0.160 e. The summed E-state index contributed by atoms with van der Waals surface area (Å²) in [7, 11) is 0. The zero-order valence-corrected chi connectivity index (χ0v) is 10.8. The molecule has 1 aromatic rings. The predicted molar refractivity (Wildman–Crippen MR) is 71.9 cm³/mol. The lowest BCUT2D eigenvalue weighted by Crippen LogP contribution is -2.30. The second kappa shape index (κ2) is 4.72. The number of hydrazine groups is 1. The van der Waals surface area contributed by atoms with E-state index in [1.54, 1.807) is 12.4 Å². The minimum absolute atomic E-state index is 0.461. The molecular formula is C13H21N5. The van der Waals surface area contributed by atoms with Gasteiger partial charge in [0.2, 0.25) is 0 Å². The summed E-state index contributed by atoms with van der Waals surface area (Å²) in [5.74, 6) is 9.43. The first kappa shape index (κ1) is 11.7. The summed E-state index contributed by atoms with van der Waals surface area (Å²) in [6, 6.07) is 0.461. The van der Waals surface area contributed by atoms with Gasteiger partial charge in [0, 0.05) is 6.04 Å². The summed E-state index contributed by atoms with van der Waals surface area (Å²) in [5, 5.41) is 3.47. The average Bonchev–Trinajstić information content (AvgIpc) is 3.01. The summed E-state index contributed by atoms with van der Waals surface area (Å²) >= 11 is 0. The third-order valence-electron chi connectivity index (χ3n) is 4.59. The van der Waals surface area contributed by atoms with Crippen molar-refractivity contribution in [1.82, 2.24) is 9.97 Å². The van der Waals surface area contributed by atoms with Gasteiger partial charge < -0.3 is 10.7 Å². The number of nitrogen functional groups attached to an aromatic ring is 1. The monoisotopic (exact) mass is 247 g/mol. The minimum Gasteiger partial charge on any atom is -0.366 e. The molecule has 0 radical (unpaired) electrons. The average molecular weight is 247 g/mol. The molecule has 0 spiro atoms. The van der Waals surface area contributed by atoms with Gasteiger partial charge in [-0.1, -0.05) is 6.42 Å². The van der Waals surface area contributed by atoms with Crippen molar-refractivity contribution in [2.45, 2.75) is 38.6 Å². The van der Waals surface area contributed by atoms with Crippen molar-refractivity contribution >= 4 is 11.6 Å². The highest BCUT2D eigenvalue weighted by Crippen LogP contribution is 2.49. The van der Waals surface area contributed by atoms with Crippen LogP contribution in [0, 0.1) is 17.8 Å². The number of nitrogens with zero attached hydrogens (tertiary/aromatic N) is 2. The third-order valence-corrected chi connectivity index (χ3v) is 4.59. The number of hydrogen-bond donors (Lipinski definition) is 3. The molecule has 2 aliphatic carbocycles. The Hall–Kier alpha value is -1.36. The molecule has 0 aromatic carbocycles. The number of rotatable bonds is 4. The second-order valence-electron chi connectivity index (χ2n) is 5.71. The Balaban J connectivity index is 1.65. The summed E-state index contributed by atoms with van der Waals surface area (Å²) in [6.07, 6.45) is 9.05. The van der Waals surface area contributed by atoms with Gasteiger partial charge in [-0.25, -0.2) is 10.8 Å². The van der Waals surface area contributed by atoms with Gasteiger partial charge in [-0.3, -0.25) is 4.98 Å². The van der Waals surface area contributed by atoms with E-state index in [1.807, 2.05) is 0 Å². The Bertz CT molecular complexity index is 422. The lowest BCUT2D eigenvalue weighted by Gasteiger charge is -2.28. The standard InChI is InChI=1S/C13H21N5/c1-8(11-5-9-2-3-10(11)4-9)16-12-6-15-7-13(17-12)18-14/h6-11H,2-5,14H2,1H3,(H2,16,17,18). The van der Waals surface area contributed by atoms with Crippen molar-refractivity contribution in [2.75, 3.05) is 10.7 Å². The van der Waals surface area contributed by atoms with Crippen molar-refractivity contribution in [2.24, 2.45) is 23.6 Å². The molecule has 2 aliphatic rings. The van der Waals surface area contributed by atoms with E-state index in [2.05, 4.69) is 27.6 Å². The molecule has 98 valence electrons. The van der Waals surface area contributed by atoms with Crippen molar-refractivity contribution in [1.29, 1.82) is 0 Å². The zero-order chi connectivity index (χ0) is 12.5. The molecule has 1 heterocycles. The van der Waals surface area contributed by atoms with Crippen molar-refractivity contribution in [3.05, 3.63) is 12.4 Å². The van der Waals surface area contributed by atoms with Gasteiger partial charge in [0.25, 0.3) is 0 Å². The number of fused-ring (bicyclic) bond motifs is 2. The number of hydrogen-bond acceptors (Lipinski definition) is 5. The van der Waals surface area contributed by atoms with E-state index in [4.69, 9.17) is 5.84 Å². The highest BCUT2D eigenvalue weighted by Gasteiger charge is 2.41. The molecule has 2 bridgehead atoms. The summed E-state index contributed by atoms with van der Waals surface area (Å²) in [4.78, 5) is 8.47. The van der Waals surface area contributed by atoms with Crippen LogP contribution < -0.4 is 16.6 Å². The lowest BCUT2D eigenvalue weighted by molar-refractivity contribution is 0.304. The predicted octanol–water partition coefficient (Wildman–Crippen LogP) is 2.00. The van der Waals surface area contributed by atoms with Crippen LogP contribution in [-0.4, -0.2) is 16.0 Å². The molecule has 4 unspecified atom stereocenters. The van der Waals surface area contributed by atoms with Crippen LogP contribution in [0.5, 0.6) is 0 Å². The zero-order valence-electron chi connectivity index (χ0n) is 10.8. The Morgan fingerprint density at radius 1 is 1.28 bits per heavy atom. The van der Waals surface area contributed by atoms with E-state index in [9.17, 15) is 0 Å². The number of nitrogens with one attached hydrogen (secondary N) is 2. The van der Waals surface area contributed by atoms with Crippen LogP contribution in [0.4, 0.5) is 11.6 Å². The van der Waals surface area contributed by atoms with Gasteiger partial charge >= 0.3 is 0 Å². The van der Waals surface area contributed by atoms with E-state index in [1.165, 1.54) is 25.7 Å².